The highest BCUT2D eigenvalue weighted by molar-refractivity contribution is 7.92. The van der Waals surface area contributed by atoms with Crippen molar-refractivity contribution in [2.45, 2.75) is 32.6 Å². The van der Waals surface area contributed by atoms with Gasteiger partial charge >= 0.3 is 0 Å². The van der Waals surface area contributed by atoms with Crippen molar-refractivity contribution in [3.63, 3.8) is 0 Å². The standard InChI is InChI=1S/C24H25ClN2O3S/c1-16-5-10-21(11-6-16)31(29,30)27(23-12-7-17(2)13-19(23)4)15-24(28)26-22-14-20(25)9-8-18(22)3/h5-14H,15H2,1-4H3,(H,26,28). The summed E-state index contributed by atoms with van der Waals surface area (Å²) in [4.78, 5) is 13.0. The maximum atomic E-state index is 13.5. The number of rotatable bonds is 6. The Morgan fingerprint density at radius 2 is 1.52 bits per heavy atom. The van der Waals surface area contributed by atoms with Gasteiger partial charge in [0.25, 0.3) is 10.0 Å². The average Bonchev–Trinajstić information content (AvgIpc) is 2.70. The van der Waals surface area contributed by atoms with E-state index in [9.17, 15) is 13.2 Å². The molecule has 0 heterocycles. The highest BCUT2D eigenvalue weighted by Crippen LogP contribution is 2.28. The van der Waals surface area contributed by atoms with Gasteiger partial charge in [0.2, 0.25) is 5.91 Å². The summed E-state index contributed by atoms with van der Waals surface area (Å²) in [6, 6.07) is 17.2. The summed E-state index contributed by atoms with van der Waals surface area (Å²) in [5, 5.41) is 3.27. The van der Waals surface area contributed by atoms with Gasteiger partial charge in [-0.1, -0.05) is 53.1 Å². The van der Waals surface area contributed by atoms with Crippen LogP contribution in [0.1, 0.15) is 22.3 Å². The summed E-state index contributed by atoms with van der Waals surface area (Å²) in [6.45, 7) is 7.13. The Labute approximate surface area is 188 Å². The Kier molecular flexibility index (Phi) is 6.72. The summed E-state index contributed by atoms with van der Waals surface area (Å²) < 4.78 is 28.2. The summed E-state index contributed by atoms with van der Waals surface area (Å²) in [7, 11) is -3.97. The molecule has 0 aromatic heterocycles. The van der Waals surface area contributed by atoms with Gasteiger partial charge in [-0.2, -0.15) is 0 Å². The number of nitrogens with one attached hydrogen (secondary N) is 1. The third kappa shape index (κ3) is 5.27. The lowest BCUT2D eigenvalue weighted by molar-refractivity contribution is -0.114. The van der Waals surface area contributed by atoms with Gasteiger partial charge in [0.05, 0.1) is 10.6 Å². The maximum absolute atomic E-state index is 13.5. The van der Waals surface area contributed by atoms with Gasteiger partial charge < -0.3 is 5.32 Å². The Hall–Kier alpha value is -2.83. The summed E-state index contributed by atoms with van der Waals surface area (Å²) in [5.41, 5.74) is 4.56. The highest BCUT2D eigenvalue weighted by atomic mass is 35.5. The molecule has 0 radical (unpaired) electrons. The molecule has 0 fully saturated rings. The number of aryl methyl sites for hydroxylation is 4. The van der Waals surface area contributed by atoms with Gasteiger partial charge in [-0.05, 0) is 69.2 Å². The van der Waals surface area contributed by atoms with Gasteiger partial charge in [-0.15, -0.1) is 0 Å². The van der Waals surface area contributed by atoms with E-state index < -0.39 is 15.9 Å². The molecular formula is C24H25ClN2O3S. The van der Waals surface area contributed by atoms with E-state index in [-0.39, 0.29) is 11.4 Å². The molecule has 3 rings (SSSR count). The minimum absolute atomic E-state index is 0.129. The van der Waals surface area contributed by atoms with Gasteiger partial charge in [-0.25, -0.2) is 8.42 Å². The minimum Gasteiger partial charge on any atom is -0.324 e. The Morgan fingerprint density at radius 3 is 2.16 bits per heavy atom. The van der Waals surface area contributed by atoms with Crippen LogP contribution in [-0.4, -0.2) is 20.9 Å². The molecule has 0 spiro atoms. The predicted molar refractivity (Wildman–Crippen MR) is 126 cm³/mol. The molecule has 3 aromatic rings. The van der Waals surface area contributed by atoms with Crippen LogP contribution in [0.15, 0.2) is 65.6 Å². The SMILES string of the molecule is Cc1ccc(S(=O)(=O)N(CC(=O)Nc2cc(Cl)ccc2C)c2ccc(C)cc2C)cc1. The fourth-order valence-electron chi connectivity index (χ4n) is 3.27. The zero-order chi connectivity index (χ0) is 22.8. The van der Waals surface area contributed by atoms with E-state index in [1.165, 1.54) is 0 Å². The number of hydrogen-bond acceptors (Lipinski definition) is 3. The van der Waals surface area contributed by atoms with Crippen molar-refractivity contribution in [1.29, 1.82) is 0 Å². The maximum Gasteiger partial charge on any atom is 0.264 e. The van der Waals surface area contributed by atoms with Crippen molar-refractivity contribution in [3.8, 4) is 0 Å². The van der Waals surface area contributed by atoms with E-state index in [4.69, 9.17) is 11.6 Å². The number of hydrogen-bond donors (Lipinski definition) is 1. The predicted octanol–water partition coefficient (Wildman–Crippen LogP) is 5.41. The molecule has 0 aliphatic heterocycles. The van der Waals surface area contributed by atoms with Gasteiger partial charge in [0.15, 0.2) is 0 Å². The lowest BCUT2D eigenvalue weighted by Crippen LogP contribution is -2.38. The summed E-state index contributed by atoms with van der Waals surface area (Å²) in [5.74, 6) is -0.457. The number of halogens is 1. The molecule has 0 atom stereocenters. The van der Waals surface area contributed by atoms with E-state index in [0.717, 1.165) is 26.6 Å². The molecule has 162 valence electrons. The Balaban J connectivity index is 2.00. The third-order valence-corrected chi connectivity index (χ3v) is 7.00. The summed E-state index contributed by atoms with van der Waals surface area (Å²) in [6.07, 6.45) is 0. The van der Waals surface area contributed by atoms with Crippen molar-refractivity contribution in [3.05, 3.63) is 87.9 Å². The van der Waals surface area contributed by atoms with E-state index in [1.807, 2.05) is 39.8 Å². The smallest absolute Gasteiger partial charge is 0.264 e. The van der Waals surface area contributed by atoms with Crippen molar-refractivity contribution >= 4 is 38.9 Å². The van der Waals surface area contributed by atoms with E-state index in [2.05, 4.69) is 5.32 Å². The highest BCUT2D eigenvalue weighted by Gasteiger charge is 2.28. The Bertz CT molecular complexity index is 1220. The molecule has 31 heavy (non-hydrogen) atoms. The first-order valence-electron chi connectivity index (χ1n) is 9.80. The fourth-order valence-corrected chi connectivity index (χ4v) is 4.93. The number of nitrogens with zero attached hydrogens (tertiary/aromatic N) is 1. The number of carbonyl (C=O) groups excluding carboxylic acids is 1. The van der Waals surface area contributed by atoms with Crippen molar-refractivity contribution < 1.29 is 13.2 Å². The summed E-state index contributed by atoms with van der Waals surface area (Å²) >= 11 is 6.05. The molecule has 1 amide bonds. The number of amides is 1. The fraction of sp³-hybridized carbons (Fsp3) is 0.208. The van der Waals surface area contributed by atoms with Gasteiger partial charge in [0, 0.05) is 10.7 Å². The van der Waals surface area contributed by atoms with Crippen LogP contribution in [0.3, 0.4) is 0 Å². The zero-order valence-electron chi connectivity index (χ0n) is 17.9. The number of anilines is 2. The number of carbonyl (C=O) groups is 1. The van der Waals surface area contributed by atoms with Crippen LogP contribution in [0.5, 0.6) is 0 Å². The topological polar surface area (TPSA) is 66.5 Å². The first kappa shape index (κ1) is 22.8. The molecule has 5 nitrogen and oxygen atoms in total. The first-order valence-corrected chi connectivity index (χ1v) is 11.6. The largest absolute Gasteiger partial charge is 0.324 e. The van der Waals surface area contributed by atoms with Crippen LogP contribution in [-0.2, 0) is 14.8 Å². The van der Waals surface area contributed by atoms with Crippen molar-refractivity contribution in [1.82, 2.24) is 0 Å². The second-order valence-corrected chi connectivity index (χ2v) is 9.92. The monoisotopic (exact) mass is 456 g/mol. The van der Waals surface area contributed by atoms with Crippen LogP contribution < -0.4 is 9.62 Å². The lowest BCUT2D eigenvalue weighted by atomic mass is 10.1. The van der Waals surface area contributed by atoms with Gasteiger partial charge in [-0.3, -0.25) is 9.10 Å². The van der Waals surface area contributed by atoms with E-state index in [1.54, 1.807) is 48.5 Å². The molecule has 0 saturated carbocycles. The van der Waals surface area contributed by atoms with Crippen LogP contribution in [0.4, 0.5) is 11.4 Å². The second-order valence-electron chi connectivity index (χ2n) is 7.62. The molecule has 0 saturated heterocycles. The van der Waals surface area contributed by atoms with Crippen molar-refractivity contribution in [2.24, 2.45) is 0 Å². The molecule has 0 aliphatic carbocycles. The molecule has 0 bridgehead atoms. The minimum atomic E-state index is -3.97. The van der Waals surface area contributed by atoms with Crippen LogP contribution in [0.25, 0.3) is 0 Å². The third-order valence-electron chi connectivity index (χ3n) is 4.99. The molecule has 7 heteroatoms. The normalized spacial score (nSPS) is 11.3. The molecule has 3 aromatic carbocycles. The zero-order valence-corrected chi connectivity index (χ0v) is 19.5. The molecular weight excluding hydrogens is 432 g/mol. The second kappa shape index (κ2) is 9.12. The van der Waals surface area contributed by atoms with E-state index >= 15 is 0 Å². The molecule has 1 N–H and O–H groups in total. The van der Waals surface area contributed by atoms with Crippen LogP contribution in [0.2, 0.25) is 5.02 Å². The van der Waals surface area contributed by atoms with Crippen molar-refractivity contribution in [2.75, 3.05) is 16.2 Å². The quantitative estimate of drug-likeness (QED) is 0.539. The Morgan fingerprint density at radius 1 is 0.871 bits per heavy atom. The molecule has 0 aliphatic rings. The van der Waals surface area contributed by atoms with Crippen LogP contribution >= 0.6 is 11.6 Å². The van der Waals surface area contributed by atoms with Gasteiger partial charge in [0.1, 0.15) is 6.54 Å². The first-order chi connectivity index (χ1) is 14.6. The van der Waals surface area contributed by atoms with Crippen LogP contribution in [0, 0.1) is 27.7 Å². The number of benzene rings is 3. The number of sulfonamides is 1. The van der Waals surface area contributed by atoms with E-state index in [0.29, 0.717) is 16.4 Å². The molecule has 0 unspecified atom stereocenters. The average molecular weight is 457 g/mol. The lowest BCUT2D eigenvalue weighted by Gasteiger charge is -2.26.